The first-order valence-corrected chi connectivity index (χ1v) is 8.05. The van der Waals surface area contributed by atoms with Crippen molar-refractivity contribution in [3.8, 4) is 0 Å². The number of hydrogen-bond donors (Lipinski definition) is 1. The van der Waals surface area contributed by atoms with Gasteiger partial charge in [0.1, 0.15) is 0 Å². The van der Waals surface area contributed by atoms with Gasteiger partial charge in [-0.25, -0.2) is 8.42 Å². The molecule has 2 aromatic rings. The Kier molecular flexibility index (Phi) is 4.34. The first-order chi connectivity index (χ1) is 9.84. The van der Waals surface area contributed by atoms with Crippen LogP contribution in [0, 0.1) is 13.8 Å². The van der Waals surface area contributed by atoms with Crippen LogP contribution in [0.4, 0.5) is 5.69 Å². The van der Waals surface area contributed by atoms with Crippen LogP contribution < -0.4 is 4.31 Å². The highest BCUT2D eigenvalue weighted by molar-refractivity contribution is 7.92. The number of rotatable bonds is 4. The van der Waals surface area contributed by atoms with Gasteiger partial charge in [-0.15, -0.1) is 0 Å². The molecule has 0 atom stereocenters. The van der Waals surface area contributed by atoms with Gasteiger partial charge in [0.15, 0.2) is 0 Å². The Hall–Kier alpha value is -1.85. The standard InChI is InChI=1S/C16H19NO3S/c1-12-7-13(2)9-15(8-12)17(3)21(19,20)16-6-4-5-14(10-16)11-18/h4-10,18H,11H2,1-3H3. The quantitative estimate of drug-likeness (QED) is 0.944. The second-order valence-electron chi connectivity index (χ2n) is 5.12. The van der Waals surface area contributed by atoms with E-state index in [-0.39, 0.29) is 11.5 Å². The number of aliphatic hydroxyl groups is 1. The fraction of sp³-hybridized carbons (Fsp3) is 0.250. The molecule has 0 bridgehead atoms. The van der Waals surface area contributed by atoms with Crippen LogP contribution in [0.3, 0.4) is 0 Å². The summed E-state index contributed by atoms with van der Waals surface area (Å²) < 4.78 is 26.6. The number of nitrogens with zero attached hydrogens (tertiary/aromatic N) is 1. The maximum Gasteiger partial charge on any atom is 0.264 e. The highest BCUT2D eigenvalue weighted by Crippen LogP contribution is 2.24. The minimum absolute atomic E-state index is 0.177. The number of aliphatic hydroxyl groups excluding tert-OH is 1. The van der Waals surface area contributed by atoms with Crippen LogP contribution >= 0.6 is 0 Å². The van der Waals surface area contributed by atoms with Crippen LogP contribution in [0.1, 0.15) is 16.7 Å². The van der Waals surface area contributed by atoms with Crippen molar-refractivity contribution in [2.24, 2.45) is 0 Å². The first kappa shape index (κ1) is 15.5. The summed E-state index contributed by atoms with van der Waals surface area (Å²) in [5.41, 5.74) is 3.22. The Balaban J connectivity index is 2.47. The van der Waals surface area contributed by atoms with Crippen LogP contribution in [-0.4, -0.2) is 20.6 Å². The highest BCUT2D eigenvalue weighted by atomic mass is 32.2. The molecule has 0 aliphatic rings. The monoisotopic (exact) mass is 305 g/mol. The molecule has 0 saturated heterocycles. The third kappa shape index (κ3) is 3.25. The third-order valence-electron chi connectivity index (χ3n) is 3.31. The molecule has 0 spiro atoms. The van der Waals surface area contributed by atoms with E-state index in [4.69, 9.17) is 5.11 Å². The second kappa shape index (κ2) is 5.87. The fourth-order valence-electron chi connectivity index (χ4n) is 2.23. The van der Waals surface area contributed by atoms with E-state index in [1.54, 1.807) is 12.1 Å². The van der Waals surface area contributed by atoms with Crippen molar-refractivity contribution in [1.82, 2.24) is 0 Å². The van der Waals surface area contributed by atoms with Crippen molar-refractivity contribution in [2.45, 2.75) is 25.3 Å². The van der Waals surface area contributed by atoms with Crippen molar-refractivity contribution in [1.29, 1.82) is 0 Å². The van der Waals surface area contributed by atoms with Gasteiger partial charge in [0.2, 0.25) is 0 Å². The summed E-state index contributed by atoms with van der Waals surface area (Å²) >= 11 is 0. The molecule has 0 aliphatic heterocycles. The smallest absolute Gasteiger partial charge is 0.264 e. The van der Waals surface area contributed by atoms with Gasteiger partial charge in [0.25, 0.3) is 10.0 Å². The largest absolute Gasteiger partial charge is 0.392 e. The minimum Gasteiger partial charge on any atom is -0.392 e. The molecule has 21 heavy (non-hydrogen) atoms. The predicted molar refractivity (Wildman–Crippen MR) is 83.9 cm³/mol. The predicted octanol–water partition coefficient (Wildman–Crippen LogP) is 2.62. The van der Waals surface area contributed by atoms with E-state index in [0.717, 1.165) is 11.1 Å². The molecule has 0 aromatic heterocycles. The number of sulfonamides is 1. The molecule has 0 heterocycles. The van der Waals surface area contributed by atoms with Gasteiger partial charge in [-0.1, -0.05) is 18.2 Å². The van der Waals surface area contributed by atoms with Gasteiger partial charge in [-0.2, -0.15) is 0 Å². The normalized spacial score (nSPS) is 11.4. The lowest BCUT2D eigenvalue weighted by Gasteiger charge is -2.21. The molecule has 0 saturated carbocycles. The van der Waals surface area contributed by atoms with Crippen molar-refractivity contribution >= 4 is 15.7 Å². The van der Waals surface area contributed by atoms with E-state index in [2.05, 4.69) is 0 Å². The Morgan fingerprint density at radius 1 is 1.05 bits per heavy atom. The van der Waals surface area contributed by atoms with Crippen molar-refractivity contribution in [3.05, 3.63) is 59.2 Å². The SMILES string of the molecule is Cc1cc(C)cc(N(C)S(=O)(=O)c2cccc(CO)c2)c1. The van der Waals surface area contributed by atoms with E-state index in [0.29, 0.717) is 11.3 Å². The van der Waals surface area contributed by atoms with Gasteiger partial charge < -0.3 is 5.11 Å². The fourth-order valence-corrected chi connectivity index (χ4v) is 3.48. The Morgan fingerprint density at radius 3 is 2.24 bits per heavy atom. The summed E-state index contributed by atoms with van der Waals surface area (Å²) in [4.78, 5) is 0.177. The van der Waals surface area contributed by atoms with Gasteiger partial charge in [-0.05, 0) is 54.8 Å². The zero-order chi connectivity index (χ0) is 15.6. The van der Waals surface area contributed by atoms with Crippen LogP contribution in [0.25, 0.3) is 0 Å². The number of hydrogen-bond acceptors (Lipinski definition) is 3. The lowest BCUT2D eigenvalue weighted by atomic mass is 10.1. The molecule has 112 valence electrons. The van der Waals surface area contributed by atoms with Crippen molar-refractivity contribution < 1.29 is 13.5 Å². The van der Waals surface area contributed by atoms with Gasteiger partial charge in [0, 0.05) is 7.05 Å². The Bertz CT molecular complexity index is 734. The number of anilines is 1. The summed E-state index contributed by atoms with van der Waals surface area (Å²) in [6.45, 7) is 3.68. The molecular weight excluding hydrogens is 286 g/mol. The van der Waals surface area contributed by atoms with Gasteiger partial charge in [-0.3, -0.25) is 4.31 Å². The average molecular weight is 305 g/mol. The molecule has 0 unspecified atom stereocenters. The molecule has 1 N–H and O–H groups in total. The Morgan fingerprint density at radius 2 is 1.67 bits per heavy atom. The molecule has 2 aromatic carbocycles. The molecule has 0 radical (unpaired) electrons. The van der Waals surface area contributed by atoms with Gasteiger partial charge in [0.05, 0.1) is 17.2 Å². The highest BCUT2D eigenvalue weighted by Gasteiger charge is 2.21. The van der Waals surface area contributed by atoms with Crippen molar-refractivity contribution in [3.63, 3.8) is 0 Å². The minimum atomic E-state index is -3.64. The molecule has 0 aliphatic carbocycles. The van der Waals surface area contributed by atoms with Gasteiger partial charge >= 0.3 is 0 Å². The molecule has 0 amide bonds. The third-order valence-corrected chi connectivity index (χ3v) is 5.09. The summed E-state index contributed by atoms with van der Waals surface area (Å²) in [6.07, 6.45) is 0. The van der Waals surface area contributed by atoms with E-state index < -0.39 is 10.0 Å². The molecule has 0 fully saturated rings. The zero-order valence-corrected chi connectivity index (χ0v) is 13.2. The van der Waals surface area contributed by atoms with E-state index in [9.17, 15) is 8.42 Å². The molecule has 5 heteroatoms. The molecule has 4 nitrogen and oxygen atoms in total. The second-order valence-corrected chi connectivity index (χ2v) is 7.09. The summed E-state index contributed by atoms with van der Waals surface area (Å²) in [6, 6.07) is 12.0. The first-order valence-electron chi connectivity index (χ1n) is 6.61. The summed E-state index contributed by atoms with van der Waals surface area (Å²) in [5, 5.41) is 9.15. The number of aryl methyl sites for hydroxylation is 2. The van der Waals surface area contributed by atoms with Crippen LogP contribution in [0.15, 0.2) is 47.4 Å². The lowest BCUT2D eigenvalue weighted by Crippen LogP contribution is -2.26. The molecule has 2 rings (SSSR count). The van der Waals surface area contributed by atoms with Crippen LogP contribution in [0.2, 0.25) is 0 Å². The number of benzene rings is 2. The summed E-state index contributed by atoms with van der Waals surface area (Å²) in [7, 11) is -2.10. The zero-order valence-electron chi connectivity index (χ0n) is 12.4. The van der Waals surface area contributed by atoms with E-state index in [1.807, 2.05) is 32.0 Å². The lowest BCUT2D eigenvalue weighted by molar-refractivity contribution is 0.281. The van der Waals surface area contributed by atoms with Crippen LogP contribution in [-0.2, 0) is 16.6 Å². The maximum absolute atomic E-state index is 12.7. The average Bonchev–Trinajstić information content (AvgIpc) is 2.45. The van der Waals surface area contributed by atoms with E-state index >= 15 is 0 Å². The maximum atomic E-state index is 12.7. The van der Waals surface area contributed by atoms with Crippen molar-refractivity contribution in [2.75, 3.05) is 11.4 Å². The topological polar surface area (TPSA) is 57.6 Å². The molecular formula is C16H19NO3S. The van der Waals surface area contributed by atoms with Crippen LogP contribution in [0.5, 0.6) is 0 Å². The van der Waals surface area contributed by atoms with E-state index in [1.165, 1.54) is 23.5 Å². The summed E-state index contributed by atoms with van der Waals surface area (Å²) in [5.74, 6) is 0. The Labute approximate surface area is 125 Å².